The molecule has 0 radical (unpaired) electrons. The first-order valence-corrected chi connectivity index (χ1v) is 9.39. The first-order valence-electron chi connectivity index (χ1n) is 8.40. The highest BCUT2D eigenvalue weighted by Crippen LogP contribution is 2.24. The molecular weight excluding hydrogens is 348 g/mol. The number of amides is 1. The van der Waals surface area contributed by atoms with Crippen LogP contribution in [0.2, 0.25) is 0 Å². The Morgan fingerprint density at radius 2 is 2.00 bits per heavy atom. The maximum absolute atomic E-state index is 12.2. The van der Waals surface area contributed by atoms with Gasteiger partial charge in [0.25, 0.3) is 0 Å². The average molecular weight is 375 g/mol. The molecule has 0 atom stereocenters. The van der Waals surface area contributed by atoms with E-state index in [2.05, 4.69) is 42.9 Å². The minimum atomic E-state index is -0.0834. The Hall–Kier alpha value is -2.12. The fourth-order valence-corrected chi connectivity index (χ4v) is 3.12. The minimum absolute atomic E-state index is 0.0834. The molecule has 0 bridgehead atoms. The van der Waals surface area contributed by atoms with Crippen LogP contribution in [0, 0.1) is 0 Å². The molecule has 0 aliphatic heterocycles. The van der Waals surface area contributed by atoms with Crippen LogP contribution >= 0.6 is 11.8 Å². The van der Waals surface area contributed by atoms with Gasteiger partial charge in [0.05, 0.1) is 5.75 Å². The average Bonchev–Trinajstić information content (AvgIpc) is 2.95. The second kappa shape index (κ2) is 9.00. The quantitative estimate of drug-likeness (QED) is 0.564. The lowest BCUT2D eigenvalue weighted by atomic mass is 9.87. The van der Waals surface area contributed by atoms with Crippen LogP contribution in [0.4, 0.5) is 5.69 Å². The maximum Gasteiger partial charge on any atom is 0.234 e. The van der Waals surface area contributed by atoms with Gasteiger partial charge in [-0.2, -0.15) is 0 Å². The molecule has 1 aromatic carbocycles. The maximum atomic E-state index is 12.2. The molecule has 1 amide bonds. The second-order valence-corrected chi connectivity index (χ2v) is 7.84. The number of benzene rings is 1. The summed E-state index contributed by atoms with van der Waals surface area (Å²) in [6.45, 7) is 11.2. The van der Waals surface area contributed by atoms with Gasteiger partial charge >= 0.3 is 0 Å². The zero-order valence-electron chi connectivity index (χ0n) is 15.8. The molecule has 0 aliphatic carbocycles. The molecule has 0 saturated carbocycles. The van der Waals surface area contributed by atoms with Gasteiger partial charge in [0.2, 0.25) is 5.91 Å². The van der Waals surface area contributed by atoms with Crippen molar-refractivity contribution in [1.82, 2.24) is 14.8 Å². The van der Waals surface area contributed by atoms with E-state index in [-0.39, 0.29) is 17.1 Å². The number of methoxy groups -OCH3 is 1. The highest BCUT2D eigenvalue weighted by molar-refractivity contribution is 7.99. The summed E-state index contributed by atoms with van der Waals surface area (Å²) in [5.74, 6) is 0.886. The van der Waals surface area contributed by atoms with Crippen LogP contribution in [0.25, 0.3) is 0 Å². The van der Waals surface area contributed by atoms with Gasteiger partial charge in [-0.15, -0.1) is 16.8 Å². The minimum Gasteiger partial charge on any atom is -0.377 e. The van der Waals surface area contributed by atoms with Crippen LogP contribution in [-0.4, -0.2) is 33.5 Å². The predicted molar refractivity (Wildman–Crippen MR) is 105 cm³/mol. The first kappa shape index (κ1) is 20.2. The van der Waals surface area contributed by atoms with Crippen molar-refractivity contribution in [1.29, 1.82) is 0 Å². The first-order chi connectivity index (χ1) is 12.3. The molecule has 0 saturated heterocycles. The van der Waals surface area contributed by atoms with Crippen LogP contribution < -0.4 is 5.32 Å². The van der Waals surface area contributed by atoms with E-state index in [4.69, 9.17) is 4.74 Å². The topological polar surface area (TPSA) is 69.0 Å². The monoisotopic (exact) mass is 374 g/mol. The standard InChI is InChI=1S/C19H26N4O2S/c1-6-11-23-16(12-25-5)21-22-18(23)26-13-17(24)20-15-9-7-14(8-10-15)19(2,3)4/h6-10H,1,11-13H2,2-5H3,(H,20,24). The number of anilines is 1. The number of nitrogens with zero attached hydrogens (tertiary/aromatic N) is 3. The van der Waals surface area contributed by atoms with Crippen LogP contribution in [-0.2, 0) is 28.1 Å². The molecule has 0 fully saturated rings. The van der Waals surface area contributed by atoms with E-state index in [0.717, 1.165) is 5.69 Å². The highest BCUT2D eigenvalue weighted by atomic mass is 32.2. The third-order valence-corrected chi connectivity index (χ3v) is 4.71. The number of rotatable bonds is 8. The zero-order valence-corrected chi connectivity index (χ0v) is 16.6. The molecule has 0 unspecified atom stereocenters. The molecule has 26 heavy (non-hydrogen) atoms. The number of allylic oxidation sites excluding steroid dienone is 1. The molecule has 1 heterocycles. The number of hydrogen-bond acceptors (Lipinski definition) is 5. The second-order valence-electron chi connectivity index (χ2n) is 6.90. The van der Waals surface area contributed by atoms with Crippen LogP contribution in [0.15, 0.2) is 42.1 Å². The van der Waals surface area contributed by atoms with Crippen molar-refractivity contribution in [2.24, 2.45) is 0 Å². The normalized spacial score (nSPS) is 11.4. The molecule has 1 aromatic heterocycles. The molecule has 0 aliphatic rings. The Balaban J connectivity index is 1.95. The van der Waals surface area contributed by atoms with E-state index in [0.29, 0.717) is 24.1 Å². The van der Waals surface area contributed by atoms with E-state index < -0.39 is 0 Å². The van der Waals surface area contributed by atoms with Gasteiger partial charge < -0.3 is 14.6 Å². The summed E-state index contributed by atoms with van der Waals surface area (Å²) in [6.07, 6.45) is 1.77. The van der Waals surface area contributed by atoms with E-state index in [1.807, 2.05) is 28.8 Å². The lowest BCUT2D eigenvalue weighted by Crippen LogP contribution is -2.15. The largest absolute Gasteiger partial charge is 0.377 e. The van der Waals surface area contributed by atoms with Crippen molar-refractivity contribution < 1.29 is 9.53 Å². The molecule has 7 heteroatoms. The summed E-state index contributed by atoms with van der Waals surface area (Å²) < 4.78 is 7.02. The van der Waals surface area contributed by atoms with E-state index >= 15 is 0 Å². The van der Waals surface area contributed by atoms with Crippen molar-refractivity contribution in [2.45, 2.75) is 44.5 Å². The van der Waals surface area contributed by atoms with Gasteiger partial charge in [0.1, 0.15) is 6.61 Å². The van der Waals surface area contributed by atoms with E-state index in [1.54, 1.807) is 13.2 Å². The van der Waals surface area contributed by atoms with Crippen molar-refractivity contribution in [3.05, 3.63) is 48.3 Å². The summed E-state index contributed by atoms with van der Waals surface area (Å²) in [5.41, 5.74) is 2.11. The highest BCUT2D eigenvalue weighted by Gasteiger charge is 2.15. The lowest BCUT2D eigenvalue weighted by molar-refractivity contribution is -0.113. The predicted octanol–water partition coefficient (Wildman–Crippen LogP) is 3.64. The summed E-state index contributed by atoms with van der Waals surface area (Å²) in [5, 5.41) is 11.8. The molecule has 2 rings (SSSR count). The Kier molecular flexibility index (Phi) is 6.99. The van der Waals surface area contributed by atoms with Gasteiger partial charge in [-0.1, -0.05) is 50.7 Å². The summed E-state index contributed by atoms with van der Waals surface area (Å²) in [7, 11) is 1.61. The Morgan fingerprint density at radius 3 is 2.58 bits per heavy atom. The molecule has 1 N–H and O–H groups in total. The Bertz CT molecular complexity index is 748. The van der Waals surface area contributed by atoms with Crippen molar-refractivity contribution in [3.63, 3.8) is 0 Å². The van der Waals surface area contributed by atoms with Gasteiger partial charge in [-0.25, -0.2) is 0 Å². The number of carbonyl (C=O) groups is 1. The van der Waals surface area contributed by atoms with Crippen LogP contribution in [0.3, 0.4) is 0 Å². The molecule has 2 aromatic rings. The molecular formula is C19H26N4O2S. The van der Waals surface area contributed by atoms with Gasteiger partial charge in [-0.05, 0) is 23.1 Å². The molecule has 0 spiro atoms. The third-order valence-electron chi connectivity index (χ3n) is 3.75. The van der Waals surface area contributed by atoms with Crippen molar-refractivity contribution in [3.8, 4) is 0 Å². The number of thioether (sulfide) groups is 1. The number of aromatic nitrogens is 3. The number of carbonyl (C=O) groups excluding carboxylic acids is 1. The SMILES string of the molecule is C=CCn1c(COC)nnc1SCC(=O)Nc1ccc(C(C)(C)C)cc1. The third kappa shape index (κ3) is 5.44. The summed E-state index contributed by atoms with van der Waals surface area (Å²) >= 11 is 1.34. The van der Waals surface area contributed by atoms with E-state index in [9.17, 15) is 4.79 Å². The van der Waals surface area contributed by atoms with Gasteiger partial charge in [-0.3, -0.25) is 4.79 Å². The van der Waals surface area contributed by atoms with E-state index in [1.165, 1.54) is 17.3 Å². The fourth-order valence-electron chi connectivity index (χ4n) is 2.35. The summed E-state index contributed by atoms with van der Waals surface area (Å²) in [4.78, 5) is 12.2. The molecule has 140 valence electrons. The number of nitrogens with one attached hydrogen (secondary N) is 1. The number of ether oxygens (including phenoxy) is 1. The van der Waals surface area contributed by atoms with Gasteiger partial charge in [0, 0.05) is 19.3 Å². The number of hydrogen-bond donors (Lipinski definition) is 1. The van der Waals surface area contributed by atoms with Crippen LogP contribution in [0.5, 0.6) is 0 Å². The Morgan fingerprint density at radius 1 is 1.31 bits per heavy atom. The van der Waals surface area contributed by atoms with Crippen molar-refractivity contribution in [2.75, 3.05) is 18.2 Å². The van der Waals surface area contributed by atoms with Crippen LogP contribution in [0.1, 0.15) is 32.2 Å². The lowest BCUT2D eigenvalue weighted by Gasteiger charge is -2.19. The molecule has 6 nitrogen and oxygen atoms in total. The Labute approximate surface area is 159 Å². The smallest absolute Gasteiger partial charge is 0.234 e. The zero-order chi connectivity index (χ0) is 19.2. The fraction of sp³-hybridized carbons (Fsp3) is 0.421. The van der Waals surface area contributed by atoms with Gasteiger partial charge in [0.15, 0.2) is 11.0 Å². The summed E-state index contributed by atoms with van der Waals surface area (Å²) in [6, 6.07) is 7.95. The van der Waals surface area contributed by atoms with Crippen molar-refractivity contribution >= 4 is 23.4 Å².